The van der Waals surface area contributed by atoms with Crippen molar-refractivity contribution in [2.24, 2.45) is 5.92 Å². The summed E-state index contributed by atoms with van der Waals surface area (Å²) in [4.78, 5) is 25.3. The van der Waals surface area contributed by atoms with Crippen molar-refractivity contribution in [3.05, 3.63) is 0 Å². The van der Waals surface area contributed by atoms with E-state index in [1.165, 1.54) is 186 Å². The van der Waals surface area contributed by atoms with Crippen LogP contribution in [0.1, 0.15) is 239 Å². The molecule has 0 saturated heterocycles. The lowest BCUT2D eigenvalue weighted by atomic mass is 9.89. The van der Waals surface area contributed by atoms with Crippen LogP contribution in [0.5, 0.6) is 0 Å². The molecule has 0 unspecified atom stereocenters. The lowest BCUT2D eigenvalue weighted by molar-refractivity contribution is -0.143. The molecule has 56 heavy (non-hydrogen) atoms. The van der Waals surface area contributed by atoms with Crippen LogP contribution in [0.4, 0.5) is 0 Å². The molecule has 0 aromatic heterocycles. The molecule has 0 bridgehead atoms. The van der Waals surface area contributed by atoms with Crippen molar-refractivity contribution in [1.29, 1.82) is 0 Å². The van der Waals surface area contributed by atoms with Crippen LogP contribution in [0, 0.1) is 5.92 Å². The van der Waals surface area contributed by atoms with Gasteiger partial charge in [0.05, 0.1) is 6.61 Å². The van der Waals surface area contributed by atoms with Gasteiger partial charge in [0.2, 0.25) is 0 Å². The van der Waals surface area contributed by atoms with E-state index in [4.69, 9.17) is 26.9 Å². The van der Waals surface area contributed by atoms with Gasteiger partial charge in [-0.3, -0.25) is 9.59 Å². The number of nitrogens with one attached hydrogen (secondary N) is 1. The highest BCUT2D eigenvalue weighted by Gasteiger charge is 2.10. The van der Waals surface area contributed by atoms with Crippen LogP contribution in [-0.4, -0.2) is 79.3 Å². The van der Waals surface area contributed by atoms with Crippen LogP contribution < -0.4 is 5.32 Å². The second-order valence-corrected chi connectivity index (χ2v) is 17.2. The van der Waals surface area contributed by atoms with Crippen LogP contribution >= 0.6 is 12.2 Å². The first kappa shape index (κ1) is 56.7. The van der Waals surface area contributed by atoms with Gasteiger partial charge in [0, 0.05) is 27.1 Å². The van der Waals surface area contributed by atoms with E-state index < -0.39 is 0 Å². The number of thiocarbonyl (C=S) groups is 1. The number of carbonyl (C=O) groups is 2. The van der Waals surface area contributed by atoms with Crippen molar-refractivity contribution in [3.63, 3.8) is 0 Å². The molecule has 8 heteroatoms. The predicted octanol–water partition coefficient (Wildman–Crippen LogP) is 13.9. The van der Waals surface area contributed by atoms with E-state index in [9.17, 15) is 4.79 Å². The summed E-state index contributed by atoms with van der Waals surface area (Å²) in [5, 5.41) is 11.1. The smallest absolute Gasteiger partial charge is 0.305 e. The van der Waals surface area contributed by atoms with Crippen molar-refractivity contribution < 1.29 is 19.4 Å². The zero-order valence-electron chi connectivity index (χ0n) is 38.2. The maximum absolute atomic E-state index is 12.3. The van der Waals surface area contributed by atoms with Gasteiger partial charge < -0.3 is 25.0 Å². The standard InChI is InChI=1S/C47H95N3O2S.CH2O2/c1-6-9-12-15-18-19-20-26-34-44-52-46(51)39-31-27-33-42-50(43-35-40-48-47(53)49(4)5)41-32-25-21-24-30-38-45(36-28-22-16-13-10-7-2)37-29-23-17-14-11-8-3;2-1-3/h45H,6-44H2,1-5H3,(H,48,53);1H,(H,2,3). The normalized spacial score (nSPS) is 11.1. The van der Waals surface area contributed by atoms with Crippen molar-refractivity contribution >= 4 is 29.8 Å². The highest BCUT2D eigenvalue weighted by atomic mass is 32.1. The highest BCUT2D eigenvalue weighted by molar-refractivity contribution is 7.80. The Morgan fingerprint density at radius 3 is 1.36 bits per heavy atom. The van der Waals surface area contributed by atoms with E-state index in [1.807, 2.05) is 19.0 Å². The van der Waals surface area contributed by atoms with Crippen molar-refractivity contribution in [1.82, 2.24) is 15.1 Å². The Kier molecular flexibility index (Phi) is 48.5. The number of unbranched alkanes of at least 4 members (excludes halogenated alkanes) is 24. The first-order chi connectivity index (χ1) is 27.4. The molecule has 0 aliphatic carbocycles. The van der Waals surface area contributed by atoms with E-state index in [1.54, 1.807) is 0 Å². The number of nitrogens with zero attached hydrogens (tertiary/aromatic N) is 2. The minimum absolute atomic E-state index is 0.000459. The van der Waals surface area contributed by atoms with E-state index in [0.29, 0.717) is 13.0 Å². The van der Waals surface area contributed by atoms with Gasteiger partial charge in [0.15, 0.2) is 5.11 Å². The summed E-state index contributed by atoms with van der Waals surface area (Å²) in [7, 11) is 4.00. The number of carbonyl (C=O) groups excluding carboxylic acids is 1. The molecule has 0 atom stereocenters. The monoisotopic (exact) mass is 812 g/mol. The number of rotatable bonds is 42. The molecule has 334 valence electrons. The lowest BCUT2D eigenvalue weighted by Gasteiger charge is -2.23. The van der Waals surface area contributed by atoms with E-state index in [-0.39, 0.29) is 12.4 Å². The van der Waals surface area contributed by atoms with Gasteiger partial charge >= 0.3 is 5.97 Å². The zero-order valence-corrected chi connectivity index (χ0v) is 39.0. The fraction of sp³-hybridized carbons (Fsp3) is 0.938. The minimum atomic E-state index is -0.250. The highest BCUT2D eigenvalue weighted by Crippen LogP contribution is 2.25. The number of hydrogen-bond acceptors (Lipinski definition) is 5. The maximum atomic E-state index is 12.3. The molecule has 0 aliphatic rings. The first-order valence-corrected chi connectivity index (χ1v) is 24.7. The fourth-order valence-electron chi connectivity index (χ4n) is 7.60. The average molecular weight is 812 g/mol. The van der Waals surface area contributed by atoms with Crippen molar-refractivity contribution in [3.8, 4) is 0 Å². The molecule has 0 radical (unpaired) electrons. The van der Waals surface area contributed by atoms with E-state index in [2.05, 4.69) is 31.0 Å². The molecule has 0 heterocycles. The van der Waals surface area contributed by atoms with E-state index >= 15 is 0 Å². The Bertz CT molecular complexity index is 799. The van der Waals surface area contributed by atoms with Crippen molar-refractivity contribution in [2.45, 2.75) is 239 Å². The Hall–Kier alpha value is -1.41. The molecule has 0 rings (SSSR count). The third kappa shape index (κ3) is 45.3. The van der Waals surface area contributed by atoms with Gasteiger partial charge in [-0.1, -0.05) is 201 Å². The molecular formula is C48H97N3O4S. The molecule has 0 aliphatic heterocycles. The van der Waals surface area contributed by atoms with Gasteiger partial charge in [-0.25, -0.2) is 0 Å². The SMILES string of the molecule is CCCCCCCCCCCOC(=O)CCCCCN(CCCCCCCC(CCCCCCCC)CCCCCCCC)CCCNC(=S)N(C)C.O=CO. The average Bonchev–Trinajstić information content (AvgIpc) is 3.18. The Balaban J connectivity index is 0. The third-order valence-electron chi connectivity index (χ3n) is 11.2. The molecular weight excluding hydrogens is 715 g/mol. The van der Waals surface area contributed by atoms with Gasteiger partial charge in [0.25, 0.3) is 6.47 Å². The molecule has 0 amide bonds. The minimum Gasteiger partial charge on any atom is -0.483 e. The van der Waals surface area contributed by atoms with Gasteiger partial charge in [-0.15, -0.1) is 0 Å². The number of esters is 1. The molecule has 7 nitrogen and oxygen atoms in total. The van der Waals surface area contributed by atoms with Crippen LogP contribution in [-0.2, 0) is 14.3 Å². The fourth-order valence-corrected chi connectivity index (χ4v) is 7.70. The summed E-state index contributed by atoms with van der Waals surface area (Å²) in [5.74, 6) is 0.971. The topological polar surface area (TPSA) is 82.1 Å². The Morgan fingerprint density at radius 1 is 0.571 bits per heavy atom. The van der Waals surface area contributed by atoms with Crippen LogP contribution in [0.3, 0.4) is 0 Å². The van der Waals surface area contributed by atoms with Crippen molar-refractivity contribution in [2.75, 3.05) is 46.9 Å². The van der Waals surface area contributed by atoms with Crippen LogP contribution in [0.2, 0.25) is 0 Å². The van der Waals surface area contributed by atoms with Gasteiger partial charge in [-0.2, -0.15) is 0 Å². The molecule has 0 fully saturated rings. The molecule has 0 aromatic carbocycles. The Morgan fingerprint density at radius 2 is 0.929 bits per heavy atom. The maximum Gasteiger partial charge on any atom is 0.305 e. The quantitative estimate of drug-likeness (QED) is 0.0273. The van der Waals surface area contributed by atoms with Gasteiger partial charge in [0.1, 0.15) is 0 Å². The number of carboxylic acid groups (broad SMARTS) is 1. The predicted molar refractivity (Wildman–Crippen MR) is 248 cm³/mol. The van der Waals surface area contributed by atoms with Crippen LogP contribution in [0.25, 0.3) is 0 Å². The summed E-state index contributed by atoms with van der Waals surface area (Å²) in [6, 6.07) is 0. The summed E-state index contributed by atoms with van der Waals surface area (Å²) in [6.45, 7) is 11.6. The van der Waals surface area contributed by atoms with Gasteiger partial charge in [-0.05, 0) is 69.9 Å². The molecule has 0 saturated carbocycles. The summed E-state index contributed by atoms with van der Waals surface area (Å²) < 4.78 is 5.53. The summed E-state index contributed by atoms with van der Waals surface area (Å²) in [5.41, 5.74) is 0. The van der Waals surface area contributed by atoms with E-state index in [0.717, 1.165) is 62.8 Å². The molecule has 0 aromatic rings. The summed E-state index contributed by atoms with van der Waals surface area (Å²) in [6.07, 6.45) is 44.9. The third-order valence-corrected chi connectivity index (χ3v) is 11.7. The second-order valence-electron chi connectivity index (χ2n) is 16.8. The Labute approximate surface area is 355 Å². The number of ether oxygens (including phenoxy) is 1. The summed E-state index contributed by atoms with van der Waals surface area (Å²) >= 11 is 5.42. The lowest BCUT2D eigenvalue weighted by Crippen LogP contribution is -2.36. The second kappa shape index (κ2) is 48.0. The molecule has 0 spiro atoms. The first-order valence-electron chi connectivity index (χ1n) is 24.3. The zero-order chi connectivity index (χ0) is 41.6. The van der Waals surface area contributed by atoms with Crippen LogP contribution in [0.15, 0.2) is 0 Å². The molecule has 2 N–H and O–H groups in total. The largest absolute Gasteiger partial charge is 0.483 e. The number of hydrogen-bond donors (Lipinski definition) is 2.